The van der Waals surface area contributed by atoms with Crippen molar-refractivity contribution in [3.63, 3.8) is 0 Å². The van der Waals surface area contributed by atoms with E-state index in [2.05, 4.69) is 58.7 Å². The lowest BCUT2D eigenvalue weighted by atomic mass is 10.1. The molecule has 0 amide bonds. The van der Waals surface area contributed by atoms with E-state index in [1.54, 1.807) is 18.4 Å². The number of hydrogen-bond acceptors (Lipinski definition) is 3. The molecule has 1 aromatic heterocycles. The number of nitrogens with zero attached hydrogens (tertiary/aromatic N) is 2. The van der Waals surface area contributed by atoms with E-state index in [-0.39, 0.29) is 0 Å². The molecule has 1 aromatic carbocycles. The lowest BCUT2D eigenvalue weighted by Gasteiger charge is -2.12. The lowest BCUT2D eigenvalue weighted by molar-refractivity contribution is 0.802. The Bertz CT molecular complexity index is 604. The second-order valence-corrected chi connectivity index (χ2v) is 5.98. The maximum Gasteiger partial charge on any atom is 0.191 e. The number of thiazole rings is 1. The van der Waals surface area contributed by atoms with Crippen LogP contribution in [0.25, 0.3) is 0 Å². The molecule has 0 aliphatic rings. The van der Waals surface area contributed by atoms with Crippen LogP contribution in [0.15, 0.2) is 35.5 Å². The molecule has 2 aromatic rings. The fraction of sp³-hybridized carbons (Fsp3) is 0.375. The molecule has 2 N–H and O–H groups in total. The summed E-state index contributed by atoms with van der Waals surface area (Å²) in [5.41, 5.74) is 2.57. The Kier molecular flexibility index (Phi) is 5.75. The predicted octanol–water partition coefficient (Wildman–Crippen LogP) is 2.88. The van der Waals surface area contributed by atoms with E-state index in [0.717, 1.165) is 23.9 Å². The van der Waals surface area contributed by atoms with Crippen molar-refractivity contribution in [2.75, 3.05) is 7.05 Å². The Morgan fingerprint density at radius 3 is 2.67 bits per heavy atom. The van der Waals surface area contributed by atoms with Crippen molar-refractivity contribution in [3.05, 3.63) is 51.5 Å². The van der Waals surface area contributed by atoms with Crippen LogP contribution < -0.4 is 10.6 Å². The molecular weight excluding hydrogens is 280 g/mol. The molecule has 5 heteroatoms. The summed E-state index contributed by atoms with van der Waals surface area (Å²) in [5.74, 6) is 0.798. The number of hydrogen-bond donors (Lipinski definition) is 2. The van der Waals surface area contributed by atoms with E-state index >= 15 is 0 Å². The molecule has 2 rings (SSSR count). The van der Waals surface area contributed by atoms with Crippen molar-refractivity contribution in [2.24, 2.45) is 4.99 Å². The zero-order valence-corrected chi connectivity index (χ0v) is 13.6. The van der Waals surface area contributed by atoms with Crippen molar-refractivity contribution in [1.29, 1.82) is 0 Å². The number of nitrogens with one attached hydrogen (secondary N) is 2. The van der Waals surface area contributed by atoms with Crippen LogP contribution in [0, 0.1) is 6.92 Å². The molecule has 0 aliphatic heterocycles. The molecule has 0 saturated heterocycles. The van der Waals surface area contributed by atoms with Gasteiger partial charge in [-0.25, -0.2) is 4.98 Å². The summed E-state index contributed by atoms with van der Waals surface area (Å²) in [6.07, 6.45) is 2.99. The average molecular weight is 302 g/mol. The highest BCUT2D eigenvalue weighted by Gasteiger charge is 2.03. The highest BCUT2D eigenvalue weighted by atomic mass is 32.1. The van der Waals surface area contributed by atoms with Gasteiger partial charge < -0.3 is 10.6 Å². The highest BCUT2D eigenvalue weighted by Crippen LogP contribution is 2.12. The second kappa shape index (κ2) is 7.78. The topological polar surface area (TPSA) is 49.3 Å². The van der Waals surface area contributed by atoms with Gasteiger partial charge in [0.2, 0.25) is 0 Å². The van der Waals surface area contributed by atoms with Crippen molar-refractivity contribution in [2.45, 2.75) is 33.4 Å². The number of guanidine groups is 1. The van der Waals surface area contributed by atoms with Gasteiger partial charge in [0.15, 0.2) is 5.96 Å². The van der Waals surface area contributed by atoms with Crippen LogP contribution in [0.5, 0.6) is 0 Å². The molecular formula is C16H22N4S. The predicted molar refractivity (Wildman–Crippen MR) is 89.7 cm³/mol. The van der Waals surface area contributed by atoms with E-state index in [0.29, 0.717) is 6.54 Å². The van der Waals surface area contributed by atoms with Crippen molar-refractivity contribution >= 4 is 17.3 Å². The van der Waals surface area contributed by atoms with E-state index < -0.39 is 0 Å². The summed E-state index contributed by atoms with van der Waals surface area (Å²) in [5, 5.41) is 7.72. The normalized spacial score (nSPS) is 11.5. The molecule has 0 saturated carbocycles. The zero-order valence-electron chi connectivity index (χ0n) is 12.8. The Morgan fingerprint density at radius 2 is 2.00 bits per heavy atom. The molecule has 112 valence electrons. The van der Waals surface area contributed by atoms with Crippen LogP contribution in [0.3, 0.4) is 0 Å². The third-order valence-electron chi connectivity index (χ3n) is 3.29. The van der Waals surface area contributed by atoms with E-state index in [1.165, 1.54) is 16.0 Å². The molecule has 0 fully saturated rings. The van der Waals surface area contributed by atoms with Gasteiger partial charge in [0.25, 0.3) is 0 Å². The van der Waals surface area contributed by atoms with Gasteiger partial charge in [-0.3, -0.25) is 4.99 Å². The van der Waals surface area contributed by atoms with Gasteiger partial charge in [0.05, 0.1) is 6.54 Å². The average Bonchev–Trinajstić information content (AvgIpc) is 2.97. The van der Waals surface area contributed by atoms with E-state index in [9.17, 15) is 0 Å². The SMILES string of the molecule is CCc1cnc(CNC(=NC)NCc2ccccc2C)s1. The summed E-state index contributed by atoms with van der Waals surface area (Å²) in [4.78, 5) is 9.96. The Labute approximate surface area is 130 Å². The molecule has 4 nitrogen and oxygen atoms in total. The fourth-order valence-electron chi connectivity index (χ4n) is 1.96. The molecule has 0 bridgehead atoms. The standard InChI is InChI=1S/C16H22N4S/c1-4-14-10-18-15(21-14)11-20-16(17-3)19-9-13-8-6-5-7-12(13)2/h5-8,10H,4,9,11H2,1-3H3,(H2,17,19,20). The van der Waals surface area contributed by atoms with E-state index in [4.69, 9.17) is 0 Å². The van der Waals surface area contributed by atoms with Gasteiger partial charge in [-0.2, -0.15) is 0 Å². The minimum atomic E-state index is 0.706. The first-order chi connectivity index (χ1) is 10.2. The molecule has 0 spiro atoms. The minimum absolute atomic E-state index is 0.706. The number of aromatic nitrogens is 1. The smallest absolute Gasteiger partial charge is 0.191 e. The first-order valence-corrected chi connectivity index (χ1v) is 7.97. The van der Waals surface area contributed by atoms with Gasteiger partial charge in [-0.15, -0.1) is 11.3 Å². The maximum atomic E-state index is 4.40. The maximum absolute atomic E-state index is 4.40. The molecule has 21 heavy (non-hydrogen) atoms. The monoisotopic (exact) mass is 302 g/mol. The van der Waals surface area contributed by atoms with Crippen LogP contribution in [0.2, 0.25) is 0 Å². The molecule has 1 heterocycles. The van der Waals surface area contributed by atoms with Crippen LogP contribution >= 0.6 is 11.3 Å². The van der Waals surface area contributed by atoms with Gasteiger partial charge in [0, 0.05) is 24.7 Å². The summed E-state index contributed by atoms with van der Waals surface area (Å²) in [6, 6.07) is 8.36. The Balaban J connectivity index is 1.85. The Hall–Kier alpha value is -1.88. The number of aliphatic imine (C=N–C) groups is 1. The minimum Gasteiger partial charge on any atom is -0.352 e. The third-order valence-corrected chi connectivity index (χ3v) is 4.43. The van der Waals surface area contributed by atoms with Crippen molar-refractivity contribution < 1.29 is 0 Å². The van der Waals surface area contributed by atoms with Gasteiger partial charge in [0.1, 0.15) is 5.01 Å². The molecule has 0 radical (unpaired) electrons. The zero-order chi connectivity index (χ0) is 15.1. The lowest BCUT2D eigenvalue weighted by Crippen LogP contribution is -2.36. The summed E-state index contributed by atoms with van der Waals surface area (Å²) in [7, 11) is 1.78. The number of aryl methyl sites for hydroxylation is 2. The van der Waals surface area contributed by atoms with Gasteiger partial charge >= 0.3 is 0 Å². The van der Waals surface area contributed by atoms with Crippen LogP contribution in [-0.4, -0.2) is 18.0 Å². The van der Waals surface area contributed by atoms with Gasteiger partial charge in [-0.1, -0.05) is 31.2 Å². The summed E-state index contributed by atoms with van der Waals surface area (Å²) >= 11 is 1.75. The van der Waals surface area contributed by atoms with Gasteiger partial charge in [-0.05, 0) is 24.5 Å². The first kappa shape index (κ1) is 15.5. The van der Waals surface area contributed by atoms with Crippen LogP contribution in [0.4, 0.5) is 0 Å². The third kappa shape index (κ3) is 4.56. The molecule has 0 unspecified atom stereocenters. The van der Waals surface area contributed by atoms with Crippen LogP contribution in [0.1, 0.15) is 27.9 Å². The largest absolute Gasteiger partial charge is 0.352 e. The summed E-state index contributed by atoms with van der Waals surface area (Å²) in [6.45, 7) is 5.74. The second-order valence-electron chi connectivity index (χ2n) is 4.78. The Morgan fingerprint density at radius 1 is 1.24 bits per heavy atom. The quantitative estimate of drug-likeness (QED) is 0.659. The summed E-state index contributed by atoms with van der Waals surface area (Å²) < 4.78 is 0. The molecule has 0 aliphatic carbocycles. The first-order valence-electron chi connectivity index (χ1n) is 7.15. The highest BCUT2D eigenvalue weighted by molar-refractivity contribution is 7.11. The van der Waals surface area contributed by atoms with Crippen molar-refractivity contribution in [1.82, 2.24) is 15.6 Å². The number of benzene rings is 1. The fourth-order valence-corrected chi connectivity index (χ4v) is 2.76. The van der Waals surface area contributed by atoms with Crippen molar-refractivity contribution in [3.8, 4) is 0 Å². The van der Waals surface area contributed by atoms with Crippen LogP contribution in [-0.2, 0) is 19.5 Å². The van der Waals surface area contributed by atoms with E-state index in [1.807, 2.05) is 6.20 Å². The molecule has 0 atom stereocenters. The number of rotatable bonds is 5.